The molecular formula is C18H19N5O3. The predicted octanol–water partition coefficient (Wildman–Crippen LogP) is 3.13. The van der Waals surface area contributed by atoms with Crippen LogP contribution in [0.1, 0.15) is 16.1 Å². The summed E-state index contributed by atoms with van der Waals surface area (Å²) in [4.78, 5) is 12.6. The lowest BCUT2D eigenvalue weighted by molar-refractivity contribution is 0.102. The number of hydrogen-bond donors (Lipinski definition) is 3. The fraction of sp³-hybridized carbons (Fsp3) is 0.167. The summed E-state index contributed by atoms with van der Waals surface area (Å²) in [6, 6.07) is 12.8. The highest BCUT2D eigenvalue weighted by Gasteiger charge is 2.17. The number of amides is 1. The number of ether oxygens (including phenoxy) is 2. The molecule has 0 atom stereocenters. The van der Waals surface area contributed by atoms with E-state index in [9.17, 15) is 4.79 Å². The summed E-state index contributed by atoms with van der Waals surface area (Å²) in [6.45, 7) is 2.00. The Hall–Kier alpha value is -3.55. The number of nitrogens with zero attached hydrogens (tertiary/aromatic N) is 2. The van der Waals surface area contributed by atoms with E-state index in [4.69, 9.17) is 9.47 Å². The Balaban J connectivity index is 1.79. The van der Waals surface area contributed by atoms with Crippen LogP contribution in [0.25, 0.3) is 0 Å². The molecule has 1 heterocycles. The number of H-pyrrole nitrogens is 1. The van der Waals surface area contributed by atoms with Crippen LogP contribution >= 0.6 is 0 Å². The van der Waals surface area contributed by atoms with Crippen molar-refractivity contribution in [1.29, 1.82) is 0 Å². The Kier molecular flexibility index (Phi) is 5.02. The molecule has 0 saturated heterocycles. The quantitative estimate of drug-likeness (QED) is 0.629. The predicted molar refractivity (Wildman–Crippen MR) is 98.3 cm³/mol. The smallest absolute Gasteiger partial charge is 0.280 e. The summed E-state index contributed by atoms with van der Waals surface area (Å²) >= 11 is 0. The molecule has 0 bridgehead atoms. The van der Waals surface area contributed by atoms with Crippen LogP contribution in [-0.4, -0.2) is 35.5 Å². The van der Waals surface area contributed by atoms with E-state index in [1.807, 2.05) is 31.2 Å². The normalized spacial score (nSPS) is 10.3. The minimum Gasteiger partial charge on any atom is -0.497 e. The topological polar surface area (TPSA) is 101 Å². The Labute approximate surface area is 150 Å². The molecule has 0 aliphatic heterocycles. The summed E-state index contributed by atoms with van der Waals surface area (Å²) in [7, 11) is 3.09. The van der Waals surface area contributed by atoms with Crippen LogP contribution in [0, 0.1) is 6.92 Å². The SMILES string of the molecule is COc1cc(NC(=O)c2n[nH]nc2Nc2ccc(C)cc2)cc(OC)c1. The van der Waals surface area contributed by atoms with Crippen LogP contribution in [0.5, 0.6) is 11.5 Å². The number of rotatable bonds is 6. The standard InChI is InChI=1S/C18H19N5O3/c1-11-4-6-12(7-5-11)19-17-16(21-23-22-17)18(24)20-13-8-14(25-2)10-15(9-13)26-3/h4-10H,1-3H3,(H,20,24)(H2,19,21,22,23). The number of nitrogens with one attached hydrogen (secondary N) is 3. The molecule has 2 aromatic carbocycles. The highest BCUT2D eigenvalue weighted by Crippen LogP contribution is 2.26. The zero-order valence-corrected chi connectivity index (χ0v) is 14.7. The van der Waals surface area contributed by atoms with Crippen molar-refractivity contribution in [3.05, 3.63) is 53.7 Å². The van der Waals surface area contributed by atoms with E-state index in [2.05, 4.69) is 26.0 Å². The zero-order chi connectivity index (χ0) is 18.5. The molecule has 0 saturated carbocycles. The minimum absolute atomic E-state index is 0.146. The van der Waals surface area contributed by atoms with E-state index in [-0.39, 0.29) is 5.69 Å². The maximum atomic E-state index is 12.6. The van der Waals surface area contributed by atoms with E-state index in [0.717, 1.165) is 11.3 Å². The molecule has 0 radical (unpaired) electrons. The van der Waals surface area contributed by atoms with Crippen molar-refractivity contribution in [2.75, 3.05) is 24.9 Å². The third-order valence-electron chi connectivity index (χ3n) is 3.69. The largest absolute Gasteiger partial charge is 0.497 e. The number of methoxy groups -OCH3 is 2. The van der Waals surface area contributed by atoms with Gasteiger partial charge in [0.05, 0.1) is 14.2 Å². The number of aromatic nitrogens is 3. The number of benzene rings is 2. The Morgan fingerprint density at radius 1 is 0.962 bits per heavy atom. The van der Waals surface area contributed by atoms with Crippen LogP contribution in [0.4, 0.5) is 17.2 Å². The highest BCUT2D eigenvalue weighted by atomic mass is 16.5. The van der Waals surface area contributed by atoms with Gasteiger partial charge in [-0.3, -0.25) is 4.79 Å². The van der Waals surface area contributed by atoms with Gasteiger partial charge in [0.2, 0.25) is 0 Å². The van der Waals surface area contributed by atoms with Gasteiger partial charge in [-0.25, -0.2) is 0 Å². The number of carbonyl (C=O) groups is 1. The molecule has 1 aromatic heterocycles. The van der Waals surface area contributed by atoms with Crippen molar-refractivity contribution in [2.45, 2.75) is 6.92 Å². The molecular weight excluding hydrogens is 334 g/mol. The molecule has 8 nitrogen and oxygen atoms in total. The lowest BCUT2D eigenvalue weighted by Crippen LogP contribution is -2.14. The molecule has 8 heteroatoms. The summed E-state index contributed by atoms with van der Waals surface area (Å²) in [5.41, 5.74) is 2.62. The van der Waals surface area contributed by atoms with Crippen LogP contribution in [0.15, 0.2) is 42.5 Å². The van der Waals surface area contributed by atoms with Gasteiger partial charge in [-0.05, 0) is 19.1 Å². The second-order valence-corrected chi connectivity index (χ2v) is 5.57. The van der Waals surface area contributed by atoms with Gasteiger partial charge in [0.15, 0.2) is 11.5 Å². The van der Waals surface area contributed by atoms with E-state index >= 15 is 0 Å². The Morgan fingerprint density at radius 2 is 1.62 bits per heavy atom. The van der Waals surface area contributed by atoms with Gasteiger partial charge < -0.3 is 20.1 Å². The van der Waals surface area contributed by atoms with E-state index in [0.29, 0.717) is 23.0 Å². The van der Waals surface area contributed by atoms with Gasteiger partial charge >= 0.3 is 0 Å². The van der Waals surface area contributed by atoms with Crippen LogP contribution in [0.3, 0.4) is 0 Å². The Bertz CT molecular complexity index is 883. The lowest BCUT2D eigenvalue weighted by atomic mass is 10.2. The average molecular weight is 353 g/mol. The first-order valence-electron chi connectivity index (χ1n) is 7.88. The summed E-state index contributed by atoms with van der Waals surface area (Å²) in [5, 5.41) is 16.3. The molecule has 26 heavy (non-hydrogen) atoms. The molecule has 0 aliphatic rings. The first-order valence-corrected chi connectivity index (χ1v) is 7.88. The monoisotopic (exact) mass is 353 g/mol. The molecule has 3 N–H and O–H groups in total. The van der Waals surface area contributed by atoms with Gasteiger partial charge in [-0.15, -0.1) is 10.2 Å². The van der Waals surface area contributed by atoms with Gasteiger partial charge in [-0.2, -0.15) is 5.21 Å². The van der Waals surface area contributed by atoms with E-state index in [1.54, 1.807) is 32.4 Å². The average Bonchev–Trinajstić information content (AvgIpc) is 3.11. The second kappa shape index (κ2) is 7.56. The van der Waals surface area contributed by atoms with E-state index in [1.165, 1.54) is 0 Å². The minimum atomic E-state index is -0.413. The van der Waals surface area contributed by atoms with E-state index < -0.39 is 5.91 Å². The van der Waals surface area contributed by atoms with Crippen molar-refractivity contribution in [2.24, 2.45) is 0 Å². The maximum Gasteiger partial charge on any atom is 0.280 e. The third kappa shape index (κ3) is 3.92. The molecule has 0 fully saturated rings. The molecule has 1 amide bonds. The molecule has 3 aromatic rings. The number of carbonyl (C=O) groups excluding carboxylic acids is 1. The molecule has 0 aliphatic carbocycles. The van der Waals surface area contributed by atoms with Gasteiger partial charge in [0, 0.05) is 29.6 Å². The highest BCUT2D eigenvalue weighted by molar-refractivity contribution is 6.06. The first kappa shape index (κ1) is 17.3. The Morgan fingerprint density at radius 3 is 2.23 bits per heavy atom. The number of aryl methyl sites for hydroxylation is 1. The van der Waals surface area contributed by atoms with Crippen molar-refractivity contribution in [3.63, 3.8) is 0 Å². The van der Waals surface area contributed by atoms with Gasteiger partial charge in [0.25, 0.3) is 5.91 Å². The zero-order valence-electron chi connectivity index (χ0n) is 14.7. The summed E-state index contributed by atoms with van der Waals surface area (Å²) < 4.78 is 10.4. The maximum absolute atomic E-state index is 12.6. The number of anilines is 3. The summed E-state index contributed by atoms with van der Waals surface area (Å²) in [5.74, 6) is 1.06. The first-order chi connectivity index (χ1) is 12.6. The molecule has 0 unspecified atom stereocenters. The fourth-order valence-corrected chi connectivity index (χ4v) is 2.32. The van der Waals surface area contributed by atoms with Crippen LogP contribution in [0.2, 0.25) is 0 Å². The van der Waals surface area contributed by atoms with Crippen molar-refractivity contribution >= 4 is 23.1 Å². The van der Waals surface area contributed by atoms with Crippen molar-refractivity contribution in [1.82, 2.24) is 15.4 Å². The molecule has 134 valence electrons. The molecule has 0 spiro atoms. The molecule has 3 rings (SSSR count). The second-order valence-electron chi connectivity index (χ2n) is 5.57. The van der Waals surface area contributed by atoms with Crippen molar-refractivity contribution in [3.8, 4) is 11.5 Å². The fourth-order valence-electron chi connectivity index (χ4n) is 2.32. The van der Waals surface area contributed by atoms with Crippen molar-refractivity contribution < 1.29 is 14.3 Å². The third-order valence-corrected chi connectivity index (χ3v) is 3.69. The van der Waals surface area contributed by atoms with Crippen LogP contribution < -0.4 is 20.1 Å². The number of hydrogen-bond acceptors (Lipinski definition) is 6. The summed E-state index contributed by atoms with van der Waals surface area (Å²) in [6.07, 6.45) is 0. The van der Waals surface area contributed by atoms with Gasteiger partial charge in [-0.1, -0.05) is 17.7 Å². The van der Waals surface area contributed by atoms with Gasteiger partial charge in [0.1, 0.15) is 11.5 Å². The van der Waals surface area contributed by atoms with Crippen LogP contribution in [-0.2, 0) is 0 Å². The number of aromatic amines is 1. The lowest BCUT2D eigenvalue weighted by Gasteiger charge is -2.10.